The summed E-state index contributed by atoms with van der Waals surface area (Å²) < 4.78 is 5.93. The summed E-state index contributed by atoms with van der Waals surface area (Å²) in [6.07, 6.45) is 2.44. The van der Waals surface area contributed by atoms with Gasteiger partial charge >= 0.3 is 0 Å². The number of hydrogen-bond acceptors (Lipinski definition) is 3. The summed E-state index contributed by atoms with van der Waals surface area (Å²) in [6.45, 7) is 6.58. The molecule has 3 nitrogen and oxygen atoms in total. The highest BCUT2D eigenvalue weighted by atomic mass is 35.5. The van der Waals surface area contributed by atoms with Crippen LogP contribution >= 0.6 is 11.6 Å². The van der Waals surface area contributed by atoms with Crippen molar-refractivity contribution in [3.05, 3.63) is 47.2 Å². The Hall–Kier alpha value is -1.29. The van der Waals surface area contributed by atoms with Crippen LogP contribution in [-0.4, -0.2) is 30.6 Å². The summed E-state index contributed by atoms with van der Waals surface area (Å²) in [4.78, 5) is 2.50. The predicted octanol–water partition coefficient (Wildman–Crippen LogP) is 4.17. The molecule has 0 unspecified atom stereocenters. The third kappa shape index (κ3) is 3.92. The maximum atomic E-state index is 5.93. The van der Waals surface area contributed by atoms with Gasteiger partial charge in [0.2, 0.25) is 0 Å². The first kappa shape index (κ1) is 15.6. The standard InChI is InChI=1S/C18H23ClN2O/c1-2-21-11-9-16(10-12-21)20-13-17-7-8-18(22-17)14-3-5-15(19)6-4-14/h3-8,16,20H,2,9-13H2,1H3. The van der Waals surface area contributed by atoms with E-state index in [4.69, 9.17) is 16.0 Å². The van der Waals surface area contributed by atoms with Crippen LogP contribution in [0.5, 0.6) is 0 Å². The average Bonchev–Trinajstić information content (AvgIpc) is 3.03. The Morgan fingerprint density at radius 1 is 1.14 bits per heavy atom. The molecule has 4 heteroatoms. The number of hydrogen-bond donors (Lipinski definition) is 1. The number of rotatable bonds is 5. The molecule has 2 heterocycles. The van der Waals surface area contributed by atoms with E-state index in [1.165, 1.54) is 25.9 Å². The molecule has 0 radical (unpaired) electrons. The van der Waals surface area contributed by atoms with Crippen molar-refractivity contribution in [2.24, 2.45) is 0 Å². The number of nitrogens with zero attached hydrogens (tertiary/aromatic N) is 1. The van der Waals surface area contributed by atoms with Crippen LogP contribution in [0, 0.1) is 0 Å². The first-order valence-electron chi connectivity index (χ1n) is 8.05. The maximum absolute atomic E-state index is 5.93. The van der Waals surface area contributed by atoms with Gasteiger partial charge in [-0.25, -0.2) is 0 Å². The Morgan fingerprint density at radius 3 is 2.55 bits per heavy atom. The number of benzene rings is 1. The summed E-state index contributed by atoms with van der Waals surface area (Å²) >= 11 is 5.92. The molecule has 0 saturated carbocycles. The minimum Gasteiger partial charge on any atom is -0.460 e. The number of likely N-dealkylation sites (tertiary alicyclic amines) is 1. The molecule has 1 aromatic heterocycles. The van der Waals surface area contributed by atoms with Crippen LogP contribution in [0.4, 0.5) is 0 Å². The van der Waals surface area contributed by atoms with Gasteiger partial charge in [-0.2, -0.15) is 0 Å². The van der Waals surface area contributed by atoms with E-state index in [9.17, 15) is 0 Å². The monoisotopic (exact) mass is 318 g/mol. The number of piperidine rings is 1. The van der Waals surface area contributed by atoms with E-state index in [1.807, 2.05) is 30.3 Å². The van der Waals surface area contributed by atoms with Gasteiger partial charge in [-0.3, -0.25) is 0 Å². The van der Waals surface area contributed by atoms with E-state index in [-0.39, 0.29) is 0 Å². The van der Waals surface area contributed by atoms with Gasteiger partial charge in [0.25, 0.3) is 0 Å². The molecule has 1 saturated heterocycles. The smallest absolute Gasteiger partial charge is 0.134 e. The van der Waals surface area contributed by atoms with Crippen molar-refractivity contribution in [1.29, 1.82) is 0 Å². The molecule has 0 spiro atoms. The molecule has 118 valence electrons. The third-order valence-electron chi connectivity index (χ3n) is 4.39. The molecule has 1 N–H and O–H groups in total. The first-order chi connectivity index (χ1) is 10.7. The normalized spacial score (nSPS) is 17.0. The van der Waals surface area contributed by atoms with Gasteiger partial charge in [-0.05, 0) is 68.9 Å². The van der Waals surface area contributed by atoms with E-state index < -0.39 is 0 Å². The van der Waals surface area contributed by atoms with Gasteiger partial charge in [-0.1, -0.05) is 18.5 Å². The highest BCUT2D eigenvalue weighted by Crippen LogP contribution is 2.24. The second-order valence-corrected chi connectivity index (χ2v) is 6.30. The van der Waals surface area contributed by atoms with Crippen molar-refractivity contribution < 1.29 is 4.42 Å². The molecule has 0 aliphatic carbocycles. The van der Waals surface area contributed by atoms with Gasteiger partial charge in [0.1, 0.15) is 11.5 Å². The summed E-state index contributed by atoms with van der Waals surface area (Å²) in [6, 6.07) is 12.4. The van der Waals surface area contributed by atoms with Crippen LogP contribution in [-0.2, 0) is 6.54 Å². The number of furan rings is 1. The minimum atomic E-state index is 0.604. The van der Waals surface area contributed by atoms with Crippen LogP contribution in [0.2, 0.25) is 5.02 Å². The first-order valence-corrected chi connectivity index (χ1v) is 8.43. The fourth-order valence-electron chi connectivity index (χ4n) is 2.94. The number of halogens is 1. The van der Waals surface area contributed by atoms with Crippen molar-refractivity contribution in [3.63, 3.8) is 0 Å². The van der Waals surface area contributed by atoms with E-state index in [1.54, 1.807) is 0 Å². The lowest BCUT2D eigenvalue weighted by atomic mass is 10.1. The molecule has 22 heavy (non-hydrogen) atoms. The van der Waals surface area contributed by atoms with Crippen LogP contribution in [0.1, 0.15) is 25.5 Å². The lowest BCUT2D eigenvalue weighted by molar-refractivity contribution is 0.204. The van der Waals surface area contributed by atoms with Crippen molar-refractivity contribution in [2.45, 2.75) is 32.4 Å². The van der Waals surface area contributed by atoms with Gasteiger partial charge in [0, 0.05) is 16.6 Å². The highest BCUT2D eigenvalue weighted by molar-refractivity contribution is 6.30. The lowest BCUT2D eigenvalue weighted by Gasteiger charge is -2.31. The fraction of sp³-hybridized carbons (Fsp3) is 0.444. The topological polar surface area (TPSA) is 28.4 Å². The molecule has 0 bridgehead atoms. The highest BCUT2D eigenvalue weighted by Gasteiger charge is 2.17. The molecule has 2 aromatic rings. The zero-order chi connectivity index (χ0) is 15.4. The van der Waals surface area contributed by atoms with E-state index in [0.717, 1.165) is 35.2 Å². The van der Waals surface area contributed by atoms with Crippen LogP contribution < -0.4 is 5.32 Å². The molecule has 1 aliphatic heterocycles. The largest absolute Gasteiger partial charge is 0.460 e. The van der Waals surface area contributed by atoms with Crippen LogP contribution in [0.15, 0.2) is 40.8 Å². The maximum Gasteiger partial charge on any atom is 0.134 e. The Balaban J connectivity index is 1.53. The Bertz CT molecular complexity index is 585. The Labute approximate surface area is 137 Å². The van der Waals surface area contributed by atoms with Crippen molar-refractivity contribution in [3.8, 4) is 11.3 Å². The second kappa shape index (κ2) is 7.32. The molecule has 0 atom stereocenters. The van der Waals surface area contributed by atoms with E-state index in [0.29, 0.717) is 6.04 Å². The minimum absolute atomic E-state index is 0.604. The molecule has 1 aliphatic rings. The van der Waals surface area contributed by atoms with Crippen molar-refractivity contribution in [2.75, 3.05) is 19.6 Å². The zero-order valence-corrected chi connectivity index (χ0v) is 13.8. The molecular weight excluding hydrogens is 296 g/mol. The zero-order valence-electron chi connectivity index (χ0n) is 13.0. The van der Waals surface area contributed by atoms with Gasteiger partial charge < -0.3 is 14.6 Å². The molecule has 0 amide bonds. The fourth-order valence-corrected chi connectivity index (χ4v) is 3.07. The summed E-state index contributed by atoms with van der Waals surface area (Å²) in [5.74, 6) is 1.89. The average molecular weight is 319 g/mol. The molecule has 1 fully saturated rings. The quantitative estimate of drug-likeness (QED) is 0.896. The summed E-state index contributed by atoms with van der Waals surface area (Å²) in [5.41, 5.74) is 1.06. The predicted molar refractivity (Wildman–Crippen MR) is 91.1 cm³/mol. The van der Waals surface area contributed by atoms with E-state index in [2.05, 4.69) is 23.2 Å². The Morgan fingerprint density at radius 2 is 1.86 bits per heavy atom. The van der Waals surface area contributed by atoms with Crippen molar-refractivity contribution >= 4 is 11.6 Å². The van der Waals surface area contributed by atoms with Gasteiger partial charge in [0.15, 0.2) is 0 Å². The van der Waals surface area contributed by atoms with Crippen LogP contribution in [0.25, 0.3) is 11.3 Å². The van der Waals surface area contributed by atoms with Gasteiger partial charge in [-0.15, -0.1) is 0 Å². The number of nitrogens with one attached hydrogen (secondary N) is 1. The van der Waals surface area contributed by atoms with Gasteiger partial charge in [0.05, 0.1) is 6.54 Å². The lowest BCUT2D eigenvalue weighted by Crippen LogP contribution is -2.42. The summed E-state index contributed by atoms with van der Waals surface area (Å²) in [5, 5.41) is 4.36. The SMILES string of the molecule is CCN1CCC(NCc2ccc(-c3ccc(Cl)cc3)o2)CC1. The van der Waals surface area contributed by atoms with E-state index >= 15 is 0 Å². The third-order valence-corrected chi connectivity index (χ3v) is 4.64. The molecular formula is C18H23ClN2O. The molecule has 3 rings (SSSR count). The van der Waals surface area contributed by atoms with Crippen LogP contribution in [0.3, 0.4) is 0 Å². The molecule has 1 aromatic carbocycles. The summed E-state index contributed by atoms with van der Waals surface area (Å²) in [7, 11) is 0. The Kier molecular flexibility index (Phi) is 5.19. The van der Waals surface area contributed by atoms with Crippen molar-refractivity contribution in [1.82, 2.24) is 10.2 Å². The second-order valence-electron chi connectivity index (χ2n) is 5.86.